The van der Waals surface area contributed by atoms with Crippen LogP contribution in [0.2, 0.25) is 0 Å². The molecule has 0 bridgehead atoms. The lowest BCUT2D eigenvalue weighted by Crippen LogP contribution is -2.48. The standard InChI is InChI=1S/C16H24FNO/c1-16(2,3)19-15-6-4-13(5-7-15)8-9-18-11-14(10-17)12-18/h4-7,14H,8-12H2,1-3H3. The van der Waals surface area contributed by atoms with Crippen LogP contribution in [-0.2, 0) is 6.42 Å². The van der Waals surface area contributed by atoms with Gasteiger partial charge >= 0.3 is 0 Å². The quantitative estimate of drug-likeness (QED) is 0.810. The van der Waals surface area contributed by atoms with Crippen LogP contribution in [0, 0.1) is 5.92 Å². The van der Waals surface area contributed by atoms with Crippen molar-refractivity contribution < 1.29 is 9.13 Å². The molecule has 0 aromatic heterocycles. The number of likely N-dealkylation sites (tertiary alicyclic amines) is 1. The van der Waals surface area contributed by atoms with Gasteiger partial charge in [0.05, 0.1) is 6.67 Å². The summed E-state index contributed by atoms with van der Waals surface area (Å²) in [6.45, 7) is 8.83. The first-order chi connectivity index (χ1) is 8.96. The fourth-order valence-electron chi connectivity index (χ4n) is 2.32. The Bertz CT molecular complexity index is 390. The number of nitrogens with zero attached hydrogens (tertiary/aromatic N) is 1. The summed E-state index contributed by atoms with van der Waals surface area (Å²) in [7, 11) is 0. The molecule has 1 fully saturated rings. The highest BCUT2D eigenvalue weighted by molar-refractivity contribution is 5.28. The lowest BCUT2D eigenvalue weighted by Gasteiger charge is -2.37. The predicted molar refractivity (Wildman–Crippen MR) is 76.4 cm³/mol. The van der Waals surface area contributed by atoms with Crippen LogP contribution in [0.5, 0.6) is 5.75 Å². The minimum atomic E-state index is -0.171. The molecule has 1 saturated heterocycles. The first-order valence-electron chi connectivity index (χ1n) is 7.02. The van der Waals surface area contributed by atoms with Gasteiger partial charge in [-0.3, -0.25) is 4.39 Å². The molecule has 0 aliphatic carbocycles. The van der Waals surface area contributed by atoms with Crippen molar-refractivity contribution in [2.75, 3.05) is 26.3 Å². The molecular formula is C16H24FNO. The molecule has 1 aromatic rings. The van der Waals surface area contributed by atoms with Crippen molar-refractivity contribution in [2.45, 2.75) is 32.8 Å². The van der Waals surface area contributed by atoms with Gasteiger partial charge < -0.3 is 9.64 Å². The summed E-state index contributed by atoms with van der Waals surface area (Å²) < 4.78 is 18.1. The molecule has 1 aromatic carbocycles. The van der Waals surface area contributed by atoms with Crippen molar-refractivity contribution in [2.24, 2.45) is 5.92 Å². The Balaban J connectivity index is 1.76. The van der Waals surface area contributed by atoms with Crippen LogP contribution >= 0.6 is 0 Å². The Labute approximate surface area is 115 Å². The minimum Gasteiger partial charge on any atom is -0.488 e. The van der Waals surface area contributed by atoms with Crippen molar-refractivity contribution in [3.63, 3.8) is 0 Å². The van der Waals surface area contributed by atoms with E-state index in [9.17, 15) is 4.39 Å². The van der Waals surface area contributed by atoms with Crippen molar-refractivity contribution >= 4 is 0 Å². The first-order valence-corrected chi connectivity index (χ1v) is 7.02. The molecule has 0 N–H and O–H groups in total. The molecule has 0 radical (unpaired) electrons. The number of benzene rings is 1. The first kappa shape index (κ1) is 14.3. The third kappa shape index (κ3) is 4.50. The molecule has 2 nitrogen and oxygen atoms in total. The van der Waals surface area contributed by atoms with Gasteiger partial charge in [-0.15, -0.1) is 0 Å². The molecule has 1 aliphatic heterocycles. The molecule has 1 aliphatic rings. The highest BCUT2D eigenvalue weighted by atomic mass is 19.1. The van der Waals surface area contributed by atoms with E-state index in [2.05, 4.69) is 17.0 Å². The highest BCUT2D eigenvalue weighted by Crippen LogP contribution is 2.20. The Hall–Kier alpha value is -1.09. The smallest absolute Gasteiger partial charge is 0.120 e. The molecule has 106 valence electrons. The minimum absolute atomic E-state index is 0.152. The second kappa shape index (κ2) is 5.91. The van der Waals surface area contributed by atoms with Crippen LogP contribution in [0.3, 0.4) is 0 Å². The summed E-state index contributed by atoms with van der Waals surface area (Å²) in [6, 6.07) is 8.29. The molecule has 0 unspecified atom stereocenters. The van der Waals surface area contributed by atoms with Crippen LogP contribution < -0.4 is 4.74 Å². The molecule has 0 spiro atoms. The summed E-state index contributed by atoms with van der Waals surface area (Å²) in [5.41, 5.74) is 1.16. The number of ether oxygens (including phenoxy) is 1. The molecule has 1 heterocycles. The van der Waals surface area contributed by atoms with Gasteiger partial charge in [0.25, 0.3) is 0 Å². The zero-order chi connectivity index (χ0) is 13.9. The maximum atomic E-state index is 12.3. The van der Waals surface area contributed by atoms with Gasteiger partial charge in [0, 0.05) is 25.6 Å². The topological polar surface area (TPSA) is 12.5 Å². The van der Waals surface area contributed by atoms with Gasteiger partial charge in [-0.05, 0) is 44.9 Å². The fraction of sp³-hybridized carbons (Fsp3) is 0.625. The number of hydrogen-bond donors (Lipinski definition) is 0. The highest BCUT2D eigenvalue weighted by Gasteiger charge is 2.25. The lowest BCUT2D eigenvalue weighted by molar-refractivity contribution is 0.0824. The van der Waals surface area contributed by atoms with Gasteiger partial charge in [0.1, 0.15) is 11.4 Å². The summed E-state index contributed by atoms with van der Waals surface area (Å²) in [4.78, 5) is 2.31. The van der Waals surface area contributed by atoms with Crippen LogP contribution in [0.4, 0.5) is 4.39 Å². The van der Waals surface area contributed by atoms with E-state index in [0.29, 0.717) is 0 Å². The van der Waals surface area contributed by atoms with Crippen LogP contribution in [0.1, 0.15) is 26.3 Å². The van der Waals surface area contributed by atoms with E-state index in [-0.39, 0.29) is 18.2 Å². The van der Waals surface area contributed by atoms with E-state index in [1.807, 2.05) is 32.9 Å². The van der Waals surface area contributed by atoms with E-state index in [4.69, 9.17) is 4.74 Å². The Morgan fingerprint density at radius 3 is 2.37 bits per heavy atom. The summed E-state index contributed by atoms with van der Waals surface area (Å²) in [5, 5.41) is 0. The molecule has 3 heteroatoms. The molecular weight excluding hydrogens is 241 g/mol. The molecule has 0 saturated carbocycles. The number of rotatable bonds is 5. The van der Waals surface area contributed by atoms with Gasteiger partial charge in [-0.2, -0.15) is 0 Å². The Kier molecular flexibility index (Phi) is 4.46. The summed E-state index contributed by atoms with van der Waals surface area (Å²) in [6.07, 6.45) is 1.02. The molecule has 0 amide bonds. The van der Waals surface area contributed by atoms with E-state index < -0.39 is 0 Å². The molecule has 2 rings (SSSR count). The van der Waals surface area contributed by atoms with Gasteiger partial charge in [-0.25, -0.2) is 0 Å². The average molecular weight is 265 g/mol. The zero-order valence-corrected chi connectivity index (χ0v) is 12.2. The van der Waals surface area contributed by atoms with Crippen molar-refractivity contribution in [3.05, 3.63) is 29.8 Å². The molecule has 0 atom stereocenters. The average Bonchev–Trinajstić information content (AvgIpc) is 2.27. The van der Waals surface area contributed by atoms with Gasteiger partial charge in [0.15, 0.2) is 0 Å². The van der Waals surface area contributed by atoms with Gasteiger partial charge in [-0.1, -0.05) is 12.1 Å². The zero-order valence-electron chi connectivity index (χ0n) is 12.2. The van der Waals surface area contributed by atoms with Crippen molar-refractivity contribution in [1.29, 1.82) is 0 Å². The molecule has 19 heavy (non-hydrogen) atoms. The largest absolute Gasteiger partial charge is 0.488 e. The second-order valence-electron chi connectivity index (χ2n) is 6.39. The lowest BCUT2D eigenvalue weighted by atomic mass is 10.0. The Morgan fingerprint density at radius 1 is 1.21 bits per heavy atom. The van der Waals surface area contributed by atoms with Crippen molar-refractivity contribution in [3.8, 4) is 5.75 Å². The summed E-state index contributed by atoms with van der Waals surface area (Å²) >= 11 is 0. The summed E-state index contributed by atoms with van der Waals surface area (Å²) in [5.74, 6) is 1.19. The van der Waals surface area contributed by atoms with Gasteiger partial charge in [0.2, 0.25) is 0 Å². The monoisotopic (exact) mass is 265 g/mol. The third-order valence-electron chi connectivity index (χ3n) is 3.32. The van der Waals surface area contributed by atoms with E-state index >= 15 is 0 Å². The predicted octanol–water partition coefficient (Wildman–Crippen LogP) is 3.31. The van der Waals surface area contributed by atoms with Crippen molar-refractivity contribution in [1.82, 2.24) is 4.90 Å². The van der Waals surface area contributed by atoms with Crippen LogP contribution in [0.15, 0.2) is 24.3 Å². The van der Waals surface area contributed by atoms with E-state index in [0.717, 1.165) is 31.8 Å². The van der Waals surface area contributed by atoms with Crippen LogP contribution in [-0.4, -0.2) is 36.8 Å². The van der Waals surface area contributed by atoms with E-state index in [1.54, 1.807) is 0 Å². The Morgan fingerprint density at radius 2 is 1.84 bits per heavy atom. The SMILES string of the molecule is CC(C)(C)Oc1ccc(CCN2CC(CF)C2)cc1. The maximum Gasteiger partial charge on any atom is 0.120 e. The third-order valence-corrected chi connectivity index (χ3v) is 3.32. The number of hydrogen-bond acceptors (Lipinski definition) is 2. The number of halogens is 1. The maximum absolute atomic E-state index is 12.3. The van der Waals surface area contributed by atoms with Crippen LogP contribution in [0.25, 0.3) is 0 Å². The number of alkyl halides is 1. The normalized spacial score (nSPS) is 17.3. The van der Waals surface area contributed by atoms with E-state index in [1.165, 1.54) is 5.56 Å². The second-order valence-corrected chi connectivity index (χ2v) is 6.39. The fourth-order valence-corrected chi connectivity index (χ4v) is 2.32.